The molecule has 4 aromatic rings. The molecule has 1 fully saturated rings. The maximum Gasteiger partial charge on any atom is 0.410 e. The molecule has 242 valence electrons. The number of fused-ring (bicyclic) bond motifs is 1. The van der Waals surface area contributed by atoms with E-state index in [1.54, 1.807) is 37.9 Å². The van der Waals surface area contributed by atoms with E-state index in [0.717, 1.165) is 12.1 Å². The van der Waals surface area contributed by atoms with Crippen molar-refractivity contribution in [1.29, 1.82) is 0 Å². The van der Waals surface area contributed by atoms with E-state index in [2.05, 4.69) is 15.0 Å². The Morgan fingerprint density at radius 3 is 2.46 bits per heavy atom. The van der Waals surface area contributed by atoms with Crippen LogP contribution in [0, 0.1) is 18.6 Å². The summed E-state index contributed by atoms with van der Waals surface area (Å²) >= 11 is 0. The van der Waals surface area contributed by atoms with Crippen molar-refractivity contribution in [3.05, 3.63) is 82.0 Å². The van der Waals surface area contributed by atoms with Gasteiger partial charge in [-0.25, -0.2) is 27.9 Å². The van der Waals surface area contributed by atoms with Crippen LogP contribution in [0.2, 0.25) is 0 Å². The van der Waals surface area contributed by atoms with Gasteiger partial charge in [0.15, 0.2) is 11.5 Å². The van der Waals surface area contributed by atoms with Crippen LogP contribution < -0.4 is 10.6 Å². The third-order valence-electron chi connectivity index (χ3n) is 7.98. The van der Waals surface area contributed by atoms with Crippen molar-refractivity contribution in [2.75, 3.05) is 18.0 Å². The number of nitrogens with zero attached hydrogens (tertiary/aromatic N) is 6. The van der Waals surface area contributed by atoms with Crippen LogP contribution in [0.25, 0.3) is 34.1 Å². The summed E-state index contributed by atoms with van der Waals surface area (Å²) in [6.45, 7) is 14.7. The van der Waals surface area contributed by atoms with Crippen LogP contribution in [0.3, 0.4) is 0 Å². The average Bonchev–Trinajstić information content (AvgIpc) is 2.96. The molecule has 0 spiro atoms. The third kappa shape index (κ3) is 5.98. The van der Waals surface area contributed by atoms with Gasteiger partial charge in [-0.05, 0) is 76.8 Å². The summed E-state index contributed by atoms with van der Waals surface area (Å²) in [5.41, 5.74) is -0.148. The topological polar surface area (TPSA) is 93.5 Å². The van der Waals surface area contributed by atoms with Crippen molar-refractivity contribution in [2.45, 2.75) is 79.0 Å². The first-order valence-corrected chi connectivity index (χ1v) is 15.3. The molecule has 2 atom stereocenters. The number of hydrogen-bond acceptors (Lipinski definition) is 7. The Bertz CT molecular complexity index is 1980. The number of hydrogen-bond donors (Lipinski definition) is 0. The van der Waals surface area contributed by atoms with Gasteiger partial charge in [-0.3, -0.25) is 4.98 Å². The van der Waals surface area contributed by atoms with Gasteiger partial charge in [0.1, 0.15) is 22.9 Å². The van der Waals surface area contributed by atoms with Gasteiger partial charge in [-0.15, -0.1) is 0 Å². The maximum absolute atomic E-state index is 16.3. The highest BCUT2D eigenvalue weighted by Gasteiger charge is 2.36. The van der Waals surface area contributed by atoms with Crippen molar-refractivity contribution < 1.29 is 21.1 Å². The Labute approximate surface area is 270 Å². The van der Waals surface area contributed by atoms with Gasteiger partial charge in [0, 0.05) is 36.9 Å². The van der Waals surface area contributed by atoms with E-state index in [1.807, 2.05) is 39.5 Å². The molecule has 0 bridgehead atoms. The lowest BCUT2D eigenvalue weighted by molar-refractivity contribution is 0.0192. The minimum atomic E-state index is -0.883. The normalized spacial score (nSPS) is 17.6. The van der Waals surface area contributed by atoms with E-state index in [0.29, 0.717) is 16.9 Å². The van der Waals surface area contributed by atoms with Crippen LogP contribution in [0.15, 0.2) is 47.9 Å². The predicted octanol–water partition coefficient (Wildman–Crippen LogP) is 7.03. The van der Waals surface area contributed by atoms with Crippen LogP contribution in [-0.2, 0) is 4.74 Å². The molecule has 4 heterocycles. The molecule has 0 radical (unpaired) electrons. The van der Waals surface area contributed by atoms with Crippen LogP contribution >= 0.6 is 0 Å². The highest BCUT2D eigenvalue weighted by molar-refractivity contribution is 5.91. The maximum atomic E-state index is 16.3. The molecule has 11 heteroatoms. The zero-order valence-corrected chi connectivity index (χ0v) is 27.4. The summed E-state index contributed by atoms with van der Waals surface area (Å²) in [4.78, 5) is 44.4. The van der Waals surface area contributed by atoms with E-state index in [1.165, 1.54) is 22.8 Å². The second-order valence-electron chi connectivity index (χ2n) is 13.1. The number of anilines is 1. The van der Waals surface area contributed by atoms with E-state index >= 15 is 8.78 Å². The van der Waals surface area contributed by atoms with Crippen molar-refractivity contribution in [3.8, 4) is 16.9 Å². The lowest BCUT2D eigenvalue weighted by Crippen LogP contribution is -2.59. The van der Waals surface area contributed by atoms with Gasteiger partial charge in [0.05, 0.1) is 19.5 Å². The summed E-state index contributed by atoms with van der Waals surface area (Å²) in [6.07, 6.45) is 2.29. The van der Waals surface area contributed by atoms with Gasteiger partial charge in [-0.2, -0.15) is 4.98 Å². The highest BCUT2D eigenvalue weighted by Crippen LogP contribution is 2.36. The molecule has 5 rings (SSSR count). The molecule has 1 amide bonds. The second kappa shape index (κ2) is 12.3. The summed E-state index contributed by atoms with van der Waals surface area (Å²) < 4.78 is 54.0. The van der Waals surface area contributed by atoms with Gasteiger partial charge in [0.2, 0.25) is 0 Å². The number of carbonyl (C=O) groups excluding carboxylic acids is 1. The molecular weight excluding hydrogens is 590 g/mol. The van der Waals surface area contributed by atoms with Crippen LogP contribution in [0.5, 0.6) is 0 Å². The molecule has 1 saturated heterocycles. The molecule has 0 aliphatic carbocycles. The average molecular weight is 633 g/mol. The second-order valence-corrected chi connectivity index (χ2v) is 13.1. The summed E-state index contributed by atoms with van der Waals surface area (Å²) in [7, 11) is 0. The van der Waals surface area contributed by atoms with E-state index < -0.39 is 35.5 Å². The van der Waals surface area contributed by atoms with E-state index in [9.17, 15) is 9.59 Å². The van der Waals surface area contributed by atoms with Crippen molar-refractivity contribution in [2.24, 2.45) is 0 Å². The predicted molar refractivity (Wildman–Crippen MR) is 176 cm³/mol. The molecule has 1 aliphatic rings. The third-order valence-corrected chi connectivity index (χ3v) is 7.98. The van der Waals surface area contributed by atoms with E-state index in [-0.39, 0.29) is 64.8 Å². The smallest absolute Gasteiger partial charge is 0.410 e. The minimum absolute atomic E-state index is 0.0310. The number of halogens is 2. The fourth-order valence-corrected chi connectivity index (χ4v) is 6.09. The van der Waals surface area contributed by atoms with Crippen LogP contribution in [0.4, 0.5) is 19.4 Å². The lowest BCUT2D eigenvalue weighted by Gasteiger charge is -2.45. The number of aromatic nitrogens is 4. The van der Waals surface area contributed by atoms with E-state index in [4.69, 9.17) is 7.48 Å². The summed E-state index contributed by atoms with van der Waals surface area (Å²) in [5.74, 6) is -1.63. The zero-order chi connectivity index (χ0) is 35.2. The SMILES string of the molecule is [2H]C([2H])=Cc1cccc(F)c1-c1nc2c(cc1F)c(N1[C@@H](C)CN(C(=O)OC(C)(C)C)C[C@@H]1C)nc(=O)n2-c1c(C)ccnc1C(C)C. The van der Waals surface area contributed by atoms with Crippen LogP contribution in [-0.4, -0.2) is 61.3 Å². The van der Waals surface area contributed by atoms with Gasteiger partial charge >= 0.3 is 11.8 Å². The quantitative estimate of drug-likeness (QED) is 0.233. The summed E-state index contributed by atoms with van der Waals surface area (Å²) in [5, 5.41) is 0.202. The molecule has 46 heavy (non-hydrogen) atoms. The Hall–Kier alpha value is -4.67. The first-order valence-electron chi connectivity index (χ1n) is 16.3. The zero-order valence-electron chi connectivity index (χ0n) is 29.4. The largest absolute Gasteiger partial charge is 0.444 e. The number of ether oxygens (including phenoxy) is 1. The van der Waals surface area contributed by atoms with Gasteiger partial charge < -0.3 is 14.5 Å². The fourth-order valence-electron chi connectivity index (χ4n) is 6.09. The molecule has 0 unspecified atom stereocenters. The van der Waals surface area contributed by atoms with Crippen molar-refractivity contribution in [1.82, 2.24) is 24.4 Å². The molecule has 1 aromatic carbocycles. The Morgan fingerprint density at radius 1 is 1.13 bits per heavy atom. The molecule has 9 nitrogen and oxygen atoms in total. The molecule has 3 aromatic heterocycles. The Balaban J connectivity index is 1.80. The Kier molecular flexibility index (Phi) is 8.00. The number of aryl methyl sites for hydroxylation is 1. The summed E-state index contributed by atoms with van der Waals surface area (Å²) in [6, 6.07) is 6.23. The van der Waals surface area contributed by atoms with Crippen molar-refractivity contribution >= 4 is 29.0 Å². The molecule has 0 saturated carbocycles. The van der Waals surface area contributed by atoms with Gasteiger partial charge in [-0.1, -0.05) is 38.6 Å². The standard InChI is InChI=1S/C35H40F2N6O3/c1-10-23-12-11-13-25(36)27(23)29-26(37)16-24-31(39-29)43(30-20(4)14-15-38-28(30)19(2)3)33(44)40-32(24)42-21(5)17-41(18-22(42)6)34(45)46-35(7,8)9/h10-16,19,21-22H,1,17-18H2,2-9H3/t21-,22-/m0/s1/i1D2. The molecule has 0 N–H and O–H groups in total. The number of pyridine rings is 2. The number of rotatable bonds is 5. The monoisotopic (exact) mass is 632 g/mol. The Morgan fingerprint density at radius 2 is 1.83 bits per heavy atom. The number of benzene rings is 1. The lowest BCUT2D eigenvalue weighted by atomic mass is 10.0. The first-order chi connectivity index (χ1) is 22.5. The minimum Gasteiger partial charge on any atom is -0.444 e. The molecule has 1 aliphatic heterocycles. The first kappa shape index (κ1) is 30.0. The van der Waals surface area contributed by atoms with Crippen molar-refractivity contribution in [3.63, 3.8) is 0 Å². The van der Waals surface area contributed by atoms with Gasteiger partial charge in [0.25, 0.3) is 0 Å². The fraction of sp³-hybridized carbons (Fsp3) is 0.400. The number of piperazine rings is 1. The number of carbonyl (C=O) groups is 1. The van der Waals surface area contributed by atoms with Crippen LogP contribution in [0.1, 0.15) is 73.9 Å². The highest BCUT2D eigenvalue weighted by atomic mass is 19.1. The molecular formula is C35H40F2N6O3. The number of amides is 1.